The predicted octanol–water partition coefficient (Wildman–Crippen LogP) is 1.78. The minimum Gasteiger partial charge on any atom is -0.332 e. The topological polar surface area (TPSA) is 53.2 Å². The van der Waals surface area contributed by atoms with Gasteiger partial charge in [0.1, 0.15) is 5.69 Å². The number of aromatic amines is 1. The van der Waals surface area contributed by atoms with Crippen LogP contribution in [-0.4, -0.2) is 27.9 Å². The second kappa shape index (κ2) is 4.73. The summed E-state index contributed by atoms with van der Waals surface area (Å²) in [4.78, 5) is 28.0. The summed E-state index contributed by atoms with van der Waals surface area (Å²) in [5, 5.41) is 0. The van der Waals surface area contributed by atoms with E-state index < -0.39 is 0 Å². The number of likely N-dealkylation sites (tertiary alicyclic amines) is 1. The molecule has 1 aromatic rings. The number of hydrogen-bond donors (Lipinski definition) is 1. The number of rotatable bonds is 1. The molecule has 1 N–H and O–H groups in total. The highest BCUT2D eigenvalue weighted by atomic mass is 16.2. The Morgan fingerprint density at radius 2 is 1.94 bits per heavy atom. The fraction of sp³-hybridized carbons (Fsp3) is 0.538. The number of nitrogens with one attached hydrogen (secondary N) is 1. The lowest BCUT2D eigenvalue weighted by molar-refractivity contribution is 0.0504. The van der Waals surface area contributed by atoms with E-state index in [1.807, 2.05) is 4.90 Å². The normalized spacial score (nSPS) is 24.7. The molecule has 0 radical (unpaired) electrons. The smallest absolute Gasteiger partial charge is 0.270 e. The van der Waals surface area contributed by atoms with Crippen LogP contribution in [0.15, 0.2) is 23.0 Å². The number of H-pyrrole nitrogens is 1. The van der Waals surface area contributed by atoms with Gasteiger partial charge in [0, 0.05) is 18.2 Å². The Balaban J connectivity index is 2.27. The van der Waals surface area contributed by atoms with Crippen molar-refractivity contribution in [2.24, 2.45) is 0 Å². The van der Waals surface area contributed by atoms with Crippen molar-refractivity contribution in [3.05, 3.63) is 34.2 Å². The number of carbonyl (C=O) groups is 1. The van der Waals surface area contributed by atoms with Crippen molar-refractivity contribution < 1.29 is 4.79 Å². The Bertz CT molecular complexity index is 456. The first-order chi connectivity index (χ1) is 8.09. The van der Waals surface area contributed by atoms with Crippen molar-refractivity contribution in [2.75, 3.05) is 0 Å². The van der Waals surface area contributed by atoms with Gasteiger partial charge in [-0.15, -0.1) is 0 Å². The van der Waals surface area contributed by atoms with Gasteiger partial charge < -0.3 is 9.88 Å². The number of amides is 1. The molecule has 2 heterocycles. The van der Waals surface area contributed by atoms with Gasteiger partial charge in [0.25, 0.3) is 5.91 Å². The molecular weight excluding hydrogens is 216 g/mol. The lowest BCUT2D eigenvalue weighted by atomic mass is 9.97. The molecule has 1 amide bonds. The third kappa shape index (κ3) is 2.40. The lowest BCUT2D eigenvalue weighted by Crippen LogP contribution is -2.48. The van der Waals surface area contributed by atoms with Crippen LogP contribution in [0.25, 0.3) is 0 Å². The monoisotopic (exact) mass is 234 g/mol. The summed E-state index contributed by atoms with van der Waals surface area (Å²) in [6.45, 7) is 4.13. The van der Waals surface area contributed by atoms with Crippen LogP contribution in [0.5, 0.6) is 0 Å². The second-order valence-electron chi connectivity index (χ2n) is 4.77. The van der Waals surface area contributed by atoms with E-state index in [1.165, 1.54) is 6.07 Å². The molecule has 2 atom stereocenters. The van der Waals surface area contributed by atoms with Gasteiger partial charge in [-0.25, -0.2) is 0 Å². The predicted molar refractivity (Wildman–Crippen MR) is 66.0 cm³/mol. The second-order valence-corrected chi connectivity index (χ2v) is 4.77. The molecule has 0 aliphatic carbocycles. The molecule has 4 nitrogen and oxygen atoms in total. The van der Waals surface area contributed by atoms with Gasteiger partial charge in [-0.2, -0.15) is 0 Å². The van der Waals surface area contributed by atoms with Gasteiger partial charge >= 0.3 is 0 Å². The van der Waals surface area contributed by atoms with Gasteiger partial charge in [-0.1, -0.05) is 6.07 Å². The SMILES string of the molecule is C[C@@H]1CCC[C@H](C)N1C(=O)c1cccc(=O)[nH]1. The molecule has 1 fully saturated rings. The highest BCUT2D eigenvalue weighted by Gasteiger charge is 2.29. The summed E-state index contributed by atoms with van der Waals surface area (Å²) in [5.74, 6) is -0.0672. The number of nitrogens with zero attached hydrogens (tertiary/aromatic N) is 1. The van der Waals surface area contributed by atoms with Gasteiger partial charge in [-0.05, 0) is 39.2 Å². The van der Waals surface area contributed by atoms with Crippen LogP contribution in [0.2, 0.25) is 0 Å². The molecule has 1 aromatic heterocycles. The Hall–Kier alpha value is -1.58. The molecule has 0 aromatic carbocycles. The zero-order valence-corrected chi connectivity index (χ0v) is 10.3. The molecule has 4 heteroatoms. The van der Waals surface area contributed by atoms with Gasteiger partial charge in [0.05, 0.1) is 0 Å². The molecule has 0 spiro atoms. The maximum absolute atomic E-state index is 12.3. The molecule has 0 saturated carbocycles. The number of carbonyl (C=O) groups excluding carboxylic acids is 1. The fourth-order valence-corrected chi connectivity index (χ4v) is 2.53. The largest absolute Gasteiger partial charge is 0.332 e. The van der Waals surface area contributed by atoms with E-state index in [9.17, 15) is 9.59 Å². The molecule has 17 heavy (non-hydrogen) atoms. The molecule has 1 aliphatic heterocycles. The van der Waals surface area contributed by atoms with E-state index in [2.05, 4.69) is 18.8 Å². The van der Waals surface area contributed by atoms with Crippen molar-refractivity contribution >= 4 is 5.91 Å². The number of hydrogen-bond acceptors (Lipinski definition) is 2. The summed E-state index contributed by atoms with van der Waals surface area (Å²) in [7, 11) is 0. The molecule has 1 aliphatic rings. The maximum atomic E-state index is 12.3. The van der Waals surface area contributed by atoms with E-state index in [-0.39, 0.29) is 23.6 Å². The first-order valence-electron chi connectivity index (χ1n) is 6.11. The molecular formula is C13H18N2O2. The zero-order valence-electron chi connectivity index (χ0n) is 10.3. The minimum atomic E-state index is -0.229. The third-order valence-corrected chi connectivity index (χ3v) is 3.43. The number of aromatic nitrogens is 1. The van der Waals surface area contributed by atoms with Crippen LogP contribution in [0.4, 0.5) is 0 Å². The van der Waals surface area contributed by atoms with Crippen molar-refractivity contribution in [3.63, 3.8) is 0 Å². The average Bonchev–Trinajstić information content (AvgIpc) is 2.28. The molecule has 0 bridgehead atoms. The van der Waals surface area contributed by atoms with Crippen LogP contribution in [0.1, 0.15) is 43.6 Å². The highest BCUT2D eigenvalue weighted by Crippen LogP contribution is 2.23. The number of piperidine rings is 1. The third-order valence-electron chi connectivity index (χ3n) is 3.43. The van der Waals surface area contributed by atoms with Crippen LogP contribution < -0.4 is 5.56 Å². The van der Waals surface area contributed by atoms with Gasteiger partial charge in [-0.3, -0.25) is 9.59 Å². The Kier molecular flexibility index (Phi) is 3.31. The average molecular weight is 234 g/mol. The van der Waals surface area contributed by atoms with Crippen LogP contribution in [0.3, 0.4) is 0 Å². The van der Waals surface area contributed by atoms with Crippen molar-refractivity contribution in [1.29, 1.82) is 0 Å². The minimum absolute atomic E-state index is 0.0672. The van der Waals surface area contributed by atoms with Crippen molar-refractivity contribution in [1.82, 2.24) is 9.88 Å². The van der Waals surface area contributed by atoms with E-state index >= 15 is 0 Å². The van der Waals surface area contributed by atoms with E-state index in [4.69, 9.17) is 0 Å². The van der Waals surface area contributed by atoms with Crippen molar-refractivity contribution in [3.8, 4) is 0 Å². The first kappa shape index (κ1) is 11.9. The fourth-order valence-electron chi connectivity index (χ4n) is 2.53. The molecule has 0 unspecified atom stereocenters. The summed E-state index contributed by atoms with van der Waals surface area (Å²) in [6.07, 6.45) is 3.23. The quantitative estimate of drug-likeness (QED) is 0.805. The Labute approximate surface area is 101 Å². The summed E-state index contributed by atoms with van der Waals surface area (Å²) >= 11 is 0. The van der Waals surface area contributed by atoms with Gasteiger partial charge in [0.2, 0.25) is 5.56 Å². The number of pyridine rings is 1. The summed E-state index contributed by atoms with van der Waals surface area (Å²) < 4.78 is 0. The van der Waals surface area contributed by atoms with Gasteiger partial charge in [0.15, 0.2) is 0 Å². The van der Waals surface area contributed by atoms with E-state index in [1.54, 1.807) is 12.1 Å². The lowest BCUT2D eigenvalue weighted by Gasteiger charge is -2.38. The summed E-state index contributed by atoms with van der Waals surface area (Å²) in [6, 6.07) is 5.19. The summed E-state index contributed by atoms with van der Waals surface area (Å²) in [5.41, 5.74) is 0.159. The standard InChI is InChI=1S/C13H18N2O2/c1-9-5-3-6-10(2)15(9)13(17)11-7-4-8-12(16)14-11/h4,7-10H,3,5-6H2,1-2H3,(H,14,16)/t9-,10+. The first-order valence-corrected chi connectivity index (χ1v) is 6.11. The Morgan fingerprint density at radius 3 is 2.53 bits per heavy atom. The zero-order chi connectivity index (χ0) is 12.4. The van der Waals surface area contributed by atoms with Crippen LogP contribution in [-0.2, 0) is 0 Å². The highest BCUT2D eigenvalue weighted by molar-refractivity contribution is 5.92. The van der Waals surface area contributed by atoms with Crippen LogP contribution in [0, 0.1) is 0 Å². The molecule has 92 valence electrons. The van der Waals surface area contributed by atoms with E-state index in [0.29, 0.717) is 5.69 Å². The van der Waals surface area contributed by atoms with Crippen molar-refractivity contribution in [2.45, 2.75) is 45.2 Å². The molecule has 1 saturated heterocycles. The van der Waals surface area contributed by atoms with E-state index in [0.717, 1.165) is 19.3 Å². The maximum Gasteiger partial charge on any atom is 0.270 e. The Morgan fingerprint density at radius 1 is 1.29 bits per heavy atom. The van der Waals surface area contributed by atoms with Crippen LogP contribution >= 0.6 is 0 Å². The molecule has 2 rings (SSSR count).